The highest BCUT2D eigenvalue weighted by molar-refractivity contribution is 6.31. The molecule has 0 saturated heterocycles. The first-order valence-electron chi connectivity index (χ1n) is 6.80. The molecule has 1 rings (SSSR count). The fourth-order valence-corrected chi connectivity index (χ4v) is 2.16. The van der Waals surface area contributed by atoms with Crippen molar-refractivity contribution >= 4 is 11.6 Å². The van der Waals surface area contributed by atoms with Crippen molar-refractivity contribution in [2.75, 3.05) is 33.9 Å². The third kappa shape index (κ3) is 6.81. The zero-order chi connectivity index (χ0) is 13.9. The number of benzene rings is 1. The van der Waals surface area contributed by atoms with Crippen LogP contribution in [0.1, 0.15) is 24.8 Å². The number of ether oxygens (including phenoxy) is 2. The third-order valence-corrected chi connectivity index (χ3v) is 3.39. The first-order valence-corrected chi connectivity index (χ1v) is 7.17. The Bertz CT molecular complexity index is 358. The minimum absolute atomic E-state index is 0.779. The minimum atomic E-state index is 0.779. The molecule has 0 heterocycles. The lowest BCUT2D eigenvalue weighted by Crippen LogP contribution is -2.20. The van der Waals surface area contributed by atoms with E-state index >= 15 is 0 Å². The smallest absolute Gasteiger partial charge is 0.120 e. The zero-order valence-electron chi connectivity index (χ0n) is 11.9. The van der Waals surface area contributed by atoms with Crippen LogP contribution in [0.2, 0.25) is 5.02 Å². The van der Waals surface area contributed by atoms with Crippen LogP contribution in [0.25, 0.3) is 0 Å². The van der Waals surface area contributed by atoms with E-state index in [0.29, 0.717) is 0 Å². The van der Waals surface area contributed by atoms with Crippen molar-refractivity contribution < 1.29 is 9.47 Å². The van der Waals surface area contributed by atoms with Crippen molar-refractivity contribution in [3.63, 3.8) is 0 Å². The first kappa shape index (κ1) is 16.3. The molecule has 1 aromatic carbocycles. The van der Waals surface area contributed by atoms with E-state index in [1.807, 2.05) is 12.1 Å². The topological polar surface area (TPSA) is 30.5 Å². The Labute approximate surface area is 121 Å². The molecule has 0 atom stereocenters. The van der Waals surface area contributed by atoms with Gasteiger partial charge in [0.15, 0.2) is 0 Å². The molecule has 0 saturated carbocycles. The molecule has 1 aromatic rings. The standard InChI is InChI=1S/C15H24ClNO2/c1-18-11-10-17-9-5-3-4-6-13-7-8-14(19-2)12-15(13)16/h7-8,12,17H,3-6,9-11H2,1-2H3. The Hall–Kier alpha value is -0.770. The molecule has 0 radical (unpaired) electrons. The van der Waals surface area contributed by atoms with Gasteiger partial charge in [0.25, 0.3) is 0 Å². The predicted molar refractivity (Wildman–Crippen MR) is 80.3 cm³/mol. The van der Waals surface area contributed by atoms with Crippen LogP contribution in [0.5, 0.6) is 5.75 Å². The Morgan fingerprint density at radius 1 is 1.11 bits per heavy atom. The highest BCUT2D eigenvalue weighted by Crippen LogP contribution is 2.23. The average molecular weight is 286 g/mol. The van der Waals surface area contributed by atoms with Crippen molar-refractivity contribution in [3.8, 4) is 5.75 Å². The molecular formula is C15H24ClNO2. The fraction of sp³-hybridized carbons (Fsp3) is 0.600. The molecule has 0 aliphatic heterocycles. The quantitative estimate of drug-likeness (QED) is 0.669. The summed E-state index contributed by atoms with van der Waals surface area (Å²) >= 11 is 6.20. The summed E-state index contributed by atoms with van der Waals surface area (Å²) in [6, 6.07) is 5.90. The lowest BCUT2D eigenvalue weighted by atomic mass is 10.1. The molecular weight excluding hydrogens is 262 g/mol. The highest BCUT2D eigenvalue weighted by atomic mass is 35.5. The van der Waals surface area contributed by atoms with Crippen LogP contribution in [-0.2, 0) is 11.2 Å². The van der Waals surface area contributed by atoms with Crippen LogP contribution in [0.15, 0.2) is 18.2 Å². The van der Waals surface area contributed by atoms with Crippen molar-refractivity contribution in [3.05, 3.63) is 28.8 Å². The van der Waals surface area contributed by atoms with E-state index in [1.54, 1.807) is 14.2 Å². The van der Waals surface area contributed by atoms with Gasteiger partial charge in [-0.25, -0.2) is 0 Å². The number of aryl methyl sites for hydroxylation is 1. The molecule has 108 valence electrons. The van der Waals surface area contributed by atoms with Gasteiger partial charge in [-0.3, -0.25) is 0 Å². The van der Waals surface area contributed by atoms with Crippen molar-refractivity contribution in [2.24, 2.45) is 0 Å². The summed E-state index contributed by atoms with van der Waals surface area (Å²) in [6.45, 7) is 2.77. The van der Waals surface area contributed by atoms with Crippen LogP contribution >= 0.6 is 11.6 Å². The number of halogens is 1. The van der Waals surface area contributed by atoms with E-state index in [4.69, 9.17) is 21.1 Å². The van der Waals surface area contributed by atoms with E-state index in [0.717, 1.165) is 43.3 Å². The van der Waals surface area contributed by atoms with Gasteiger partial charge >= 0.3 is 0 Å². The van der Waals surface area contributed by atoms with E-state index in [2.05, 4.69) is 11.4 Å². The van der Waals surface area contributed by atoms with Crippen molar-refractivity contribution in [1.29, 1.82) is 0 Å². The van der Waals surface area contributed by atoms with Gasteiger partial charge in [-0.1, -0.05) is 24.1 Å². The summed E-state index contributed by atoms with van der Waals surface area (Å²) < 4.78 is 10.1. The zero-order valence-corrected chi connectivity index (χ0v) is 12.6. The second-order valence-electron chi connectivity index (χ2n) is 4.51. The molecule has 0 bridgehead atoms. The molecule has 0 aliphatic carbocycles. The van der Waals surface area contributed by atoms with Crippen LogP contribution in [0, 0.1) is 0 Å². The lowest BCUT2D eigenvalue weighted by molar-refractivity contribution is 0.199. The normalized spacial score (nSPS) is 10.7. The lowest BCUT2D eigenvalue weighted by Gasteiger charge is -2.07. The summed E-state index contributed by atoms with van der Waals surface area (Å²) in [4.78, 5) is 0. The van der Waals surface area contributed by atoms with E-state index in [-0.39, 0.29) is 0 Å². The number of nitrogens with one attached hydrogen (secondary N) is 1. The van der Waals surface area contributed by atoms with Gasteiger partial charge in [-0.05, 0) is 43.5 Å². The van der Waals surface area contributed by atoms with Gasteiger partial charge in [0.1, 0.15) is 5.75 Å². The minimum Gasteiger partial charge on any atom is -0.497 e. The van der Waals surface area contributed by atoms with Crippen LogP contribution in [0.3, 0.4) is 0 Å². The second kappa shape index (κ2) is 10.1. The van der Waals surface area contributed by atoms with E-state index in [1.165, 1.54) is 18.4 Å². The molecule has 0 fully saturated rings. The summed E-state index contributed by atoms with van der Waals surface area (Å²) in [5, 5.41) is 4.15. The monoisotopic (exact) mass is 285 g/mol. The second-order valence-corrected chi connectivity index (χ2v) is 4.92. The number of methoxy groups -OCH3 is 2. The van der Waals surface area contributed by atoms with Gasteiger partial charge in [0.2, 0.25) is 0 Å². The first-order chi connectivity index (χ1) is 9.27. The van der Waals surface area contributed by atoms with Crippen LogP contribution < -0.4 is 10.1 Å². The largest absolute Gasteiger partial charge is 0.497 e. The average Bonchev–Trinajstić information content (AvgIpc) is 2.43. The molecule has 19 heavy (non-hydrogen) atoms. The Morgan fingerprint density at radius 3 is 2.63 bits per heavy atom. The SMILES string of the molecule is COCCNCCCCCc1ccc(OC)cc1Cl. The number of hydrogen-bond donors (Lipinski definition) is 1. The Kier molecular flexibility index (Phi) is 8.63. The third-order valence-electron chi connectivity index (χ3n) is 3.04. The van der Waals surface area contributed by atoms with E-state index < -0.39 is 0 Å². The maximum absolute atomic E-state index is 6.20. The highest BCUT2D eigenvalue weighted by Gasteiger charge is 2.02. The fourth-order valence-electron chi connectivity index (χ4n) is 1.90. The maximum Gasteiger partial charge on any atom is 0.120 e. The summed E-state index contributed by atoms with van der Waals surface area (Å²) in [6.07, 6.45) is 4.60. The maximum atomic E-state index is 6.20. The van der Waals surface area contributed by atoms with Crippen molar-refractivity contribution in [1.82, 2.24) is 5.32 Å². The molecule has 0 spiro atoms. The molecule has 4 heteroatoms. The van der Waals surface area contributed by atoms with Gasteiger partial charge < -0.3 is 14.8 Å². The van der Waals surface area contributed by atoms with Gasteiger partial charge in [-0.2, -0.15) is 0 Å². The van der Waals surface area contributed by atoms with Gasteiger partial charge in [0.05, 0.1) is 13.7 Å². The summed E-state index contributed by atoms with van der Waals surface area (Å²) in [5.41, 5.74) is 1.20. The predicted octanol–water partition coefficient (Wildman–Crippen LogP) is 3.30. The molecule has 0 aromatic heterocycles. The van der Waals surface area contributed by atoms with Gasteiger partial charge in [-0.15, -0.1) is 0 Å². The molecule has 0 unspecified atom stereocenters. The molecule has 3 nitrogen and oxygen atoms in total. The van der Waals surface area contributed by atoms with Crippen LogP contribution in [-0.4, -0.2) is 33.9 Å². The van der Waals surface area contributed by atoms with Gasteiger partial charge in [0, 0.05) is 18.7 Å². The van der Waals surface area contributed by atoms with E-state index in [9.17, 15) is 0 Å². The Balaban J connectivity index is 2.12. The number of rotatable bonds is 10. The molecule has 1 N–H and O–H groups in total. The van der Waals surface area contributed by atoms with Crippen LogP contribution in [0.4, 0.5) is 0 Å². The number of hydrogen-bond acceptors (Lipinski definition) is 3. The summed E-state index contributed by atoms with van der Waals surface area (Å²) in [7, 11) is 3.38. The molecule has 0 amide bonds. The Morgan fingerprint density at radius 2 is 1.95 bits per heavy atom. The van der Waals surface area contributed by atoms with Crippen molar-refractivity contribution in [2.45, 2.75) is 25.7 Å². The summed E-state index contributed by atoms with van der Waals surface area (Å²) in [5.74, 6) is 0.816. The number of unbranched alkanes of at least 4 members (excludes halogenated alkanes) is 2. The molecule has 0 aliphatic rings.